The Kier molecular flexibility index (Phi) is 8.89. The molecule has 1 aliphatic heterocycles. The van der Waals surface area contributed by atoms with Crippen molar-refractivity contribution < 1.29 is 19.1 Å². The Balaban J connectivity index is 1.35. The Hall–Kier alpha value is -3.32. The molecular formula is C26H33N3O4. The Morgan fingerprint density at radius 3 is 2.33 bits per heavy atom. The molecule has 0 bridgehead atoms. The van der Waals surface area contributed by atoms with E-state index in [1.54, 1.807) is 38.5 Å². The highest BCUT2D eigenvalue weighted by Gasteiger charge is 2.19. The second-order valence-electron chi connectivity index (χ2n) is 8.09. The number of carbonyl (C=O) groups excluding carboxylic acids is 2. The van der Waals surface area contributed by atoms with Crippen molar-refractivity contribution in [1.29, 1.82) is 0 Å². The summed E-state index contributed by atoms with van der Waals surface area (Å²) in [5.41, 5.74) is 2.77. The minimum atomic E-state index is -0.133. The Morgan fingerprint density at radius 2 is 1.67 bits per heavy atom. The number of aryl methyl sites for hydroxylation is 1. The van der Waals surface area contributed by atoms with Crippen LogP contribution in [-0.4, -0.2) is 75.1 Å². The lowest BCUT2D eigenvalue weighted by atomic mass is 10.1. The average Bonchev–Trinajstić information content (AvgIpc) is 2.85. The van der Waals surface area contributed by atoms with Crippen molar-refractivity contribution in [2.24, 2.45) is 0 Å². The van der Waals surface area contributed by atoms with E-state index in [1.807, 2.05) is 42.2 Å². The van der Waals surface area contributed by atoms with Gasteiger partial charge in [-0.15, -0.1) is 0 Å². The smallest absolute Gasteiger partial charge is 0.251 e. The summed E-state index contributed by atoms with van der Waals surface area (Å²) in [6.45, 7) is 6.63. The molecule has 176 valence electrons. The molecule has 0 aliphatic carbocycles. The number of amides is 2. The van der Waals surface area contributed by atoms with Gasteiger partial charge in [-0.2, -0.15) is 0 Å². The summed E-state index contributed by atoms with van der Waals surface area (Å²) in [5.74, 6) is 1.05. The molecule has 7 nitrogen and oxygen atoms in total. The quantitative estimate of drug-likeness (QED) is 0.469. The van der Waals surface area contributed by atoms with Gasteiger partial charge in [-0.25, -0.2) is 0 Å². The molecule has 2 aromatic rings. The summed E-state index contributed by atoms with van der Waals surface area (Å²) >= 11 is 0. The molecule has 2 aromatic carbocycles. The highest BCUT2D eigenvalue weighted by molar-refractivity contribution is 5.95. The second kappa shape index (κ2) is 12.1. The predicted octanol–water partition coefficient (Wildman–Crippen LogP) is 2.99. The van der Waals surface area contributed by atoms with E-state index in [0.717, 1.165) is 44.7 Å². The maximum atomic E-state index is 12.5. The van der Waals surface area contributed by atoms with Crippen LogP contribution in [0.5, 0.6) is 11.5 Å². The van der Waals surface area contributed by atoms with Gasteiger partial charge in [-0.3, -0.25) is 14.5 Å². The molecule has 1 saturated heterocycles. The number of nitrogens with zero attached hydrogens (tertiary/aromatic N) is 2. The van der Waals surface area contributed by atoms with Crippen LogP contribution in [0.1, 0.15) is 27.9 Å². The molecule has 3 rings (SSSR count). The third-order valence-electron chi connectivity index (χ3n) is 5.76. The highest BCUT2D eigenvalue weighted by atomic mass is 16.5. The normalized spacial score (nSPS) is 14.3. The van der Waals surface area contributed by atoms with E-state index in [4.69, 9.17) is 9.47 Å². The molecule has 7 heteroatoms. The van der Waals surface area contributed by atoms with Crippen molar-refractivity contribution in [2.75, 3.05) is 53.5 Å². The van der Waals surface area contributed by atoms with E-state index >= 15 is 0 Å². The number of ether oxygens (including phenoxy) is 2. The fourth-order valence-electron chi connectivity index (χ4n) is 3.73. The van der Waals surface area contributed by atoms with Gasteiger partial charge in [0.15, 0.2) is 11.5 Å². The summed E-state index contributed by atoms with van der Waals surface area (Å²) in [5, 5.41) is 2.95. The third-order valence-corrected chi connectivity index (χ3v) is 5.76. The van der Waals surface area contributed by atoms with Crippen molar-refractivity contribution in [1.82, 2.24) is 15.1 Å². The standard InChI is InChI=1S/C26H33N3O4/c1-20-5-7-21(8-6-20)9-12-25(30)29-17-15-28(16-18-29)14-4-13-27-26(31)22-10-11-23(32-2)24(19-22)33-3/h5-12,19H,4,13-18H2,1-3H3,(H,27,31). The van der Waals surface area contributed by atoms with Crippen LogP contribution in [-0.2, 0) is 4.79 Å². The number of benzene rings is 2. The van der Waals surface area contributed by atoms with Crippen molar-refractivity contribution in [3.63, 3.8) is 0 Å². The van der Waals surface area contributed by atoms with Crippen LogP contribution >= 0.6 is 0 Å². The summed E-state index contributed by atoms with van der Waals surface area (Å²) in [7, 11) is 3.11. The Bertz CT molecular complexity index is 964. The zero-order valence-corrected chi connectivity index (χ0v) is 19.7. The van der Waals surface area contributed by atoms with E-state index in [-0.39, 0.29) is 11.8 Å². The van der Waals surface area contributed by atoms with Gasteiger partial charge >= 0.3 is 0 Å². The maximum absolute atomic E-state index is 12.5. The fourth-order valence-corrected chi connectivity index (χ4v) is 3.73. The lowest BCUT2D eigenvalue weighted by molar-refractivity contribution is -0.127. The molecule has 0 saturated carbocycles. The first-order valence-corrected chi connectivity index (χ1v) is 11.3. The van der Waals surface area contributed by atoms with Crippen LogP contribution in [0.3, 0.4) is 0 Å². The number of nitrogens with one attached hydrogen (secondary N) is 1. The number of hydrogen-bond acceptors (Lipinski definition) is 5. The van der Waals surface area contributed by atoms with Crippen LogP contribution in [0.15, 0.2) is 48.5 Å². The van der Waals surface area contributed by atoms with Crippen molar-refractivity contribution in [2.45, 2.75) is 13.3 Å². The molecule has 0 aromatic heterocycles. The topological polar surface area (TPSA) is 71.1 Å². The summed E-state index contributed by atoms with van der Waals surface area (Å²) < 4.78 is 10.5. The lowest BCUT2D eigenvalue weighted by Gasteiger charge is -2.34. The molecule has 1 fully saturated rings. The third kappa shape index (κ3) is 7.08. The van der Waals surface area contributed by atoms with Gasteiger partial charge in [0.1, 0.15) is 0 Å². The van der Waals surface area contributed by atoms with Gasteiger partial charge in [-0.05, 0) is 49.7 Å². The first-order valence-electron chi connectivity index (χ1n) is 11.3. The van der Waals surface area contributed by atoms with Gasteiger partial charge in [0.25, 0.3) is 5.91 Å². The molecule has 0 spiro atoms. The summed E-state index contributed by atoms with van der Waals surface area (Å²) in [6.07, 6.45) is 4.37. The molecule has 0 radical (unpaired) electrons. The SMILES string of the molecule is COc1ccc(C(=O)NCCCN2CCN(C(=O)C=Cc3ccc(C)cc3)CC2)cc1OC. The van der Waals surface area contributed by atoms with E-state index < -0.39 is 0 Å². The first kappa shape index (κ1) is 24.3. The van der Waals surface area contributed by atoms with E-state index in [1.165, 1.54) is 5.56 Å². The van der Waals surface area contributed by atoms with Gasteiger partial charge < -0.3 is 19.7 Å². The Morgan fingerprint density at radius 1 is 0.970 bits per heavy atom. The van der Waals surface area contributed by atoms with Gasteiger partial charge in [0.2, 0.25) is 5.91 Å². The number of hydrogen-bond donors (Lipinski definition) is 1. The van der Waals surface area contributed by atoms with Crippen molar-refractivity contribution in [3.8, 4) is 11.5 Å². The van der Waals surface area contributed by atoms with E-state index in [0.29, 0.717) is 23.6 Å². The molecule has 33 heavy (non-hydrogen) atoms. The molecule has 0 unspecified atom stereocenters. The molecular weight excluding hydrogens is 418 g/mol. The minimum absolute atomic E-state index is 0.0532. The summed E-state index contributed by atoms with van der Waals surface area (Å²) in [4.78, 5) is 29.1. The van der Waals surface area contributed by atoms with Crippen LogP contribution in [0, 0.1) is 6.92 Å². The molecule has 1 N–H and O–H groups in total. The molecule has 2 amide bonds. The number of carbonyl (C=O) groups is 2. The van der Waals surface area contributed by atoms with Crippen LogP contribution in [0.25, 0.3) is 6.08 Å². The fraction of sp³-hybridized carbons (Fsp3) is 0.385. The number of piperazine rings is 1. The predicted molar refractivity (Wildman–Crippen MR) is 130 cm³/mol. The molecule has 0 atom stereocenters. The highest BCUT2D eigenvalue weighted by Crippen LogP contribution is 2.27. The second-order valence-corrected chi connectivity index (χ2v) is 8.09. The zero-order valence-electron chi connectivity index (χ0n) is 19.7. The van der Waals surface area contributed by atoms with Crippen molar-refractivity contribution in [3.05, 3.63) is 65.2 Å². The van der Waals surface area contributed by atoms with Crippen LogP contribution < -0.4 is 14.8 Å². The number of rotatable bonds is 9. The van der Waals surface area contributed by atoms with E-state index in [9.17, 15) is 9.59 Å². The van der Waals surface area contributed by atoms with Crippen molar-refractivity contribution >= 4 is 17.9 Å². The Labute approximate surface area is 196 Å². The monoisotopic (exact) mass is 451 g/mol. The average molecular weight is 452 g/mol. The largest absolute Gasteiger partial charge is 0.493 e. The van der Waals surface area contributed by atoms with Gasteiger partial charge in [0, 0.05) is 44.4 Å². The summed E-state index contributed by atoms with van der Waals surface area (Å²) in [6, 6.07) is 13.2. The molecule has 1 aliphatic rings. The zero-order chi connectivity index (χ0) is 23.6. The van der Waals surface area contributed by atoms with Crippen LogP contribution in [0.2, 0.25) is 0 Å². The van der Waals surface area contributed by atoms with E-state index in [2.05, 4.69) is 10.2 Å². The minimum Gasteiger partial charge on any atom is -0.493 e. The first-order chi connectivity index (χ1) is 16.0. The molecule has 1 heterocycles. The van der Waals surface area contributed by atoms with Gasteiger partial charge in [0.05, 0.1) is 14.2 Å². The van der Waals surface area contributed by atoms with Crippen LogP contribution in [0.4, 0.5) is 0 Å². The van der Waals surface area contributed by atoms with Gasteiger partial charge in [-0.1, -0.05) is 29.8 Å². The lowest BCUT2D eigenvalue weighted by Crippen LogP contribution is -2.48. The maximum Gasteiger partial charge on any atom is 0.251 e. The number of methoxy groups -OCH3 is 2.